The molecule has 0 heterocycles. The maximum Gasteiger partial charge on any atom is 0.153 e. The molecule has 1 fully saturated rings. The molecule has 1 saturated carbocycles. The fourth-order valence-electron chi connectivity index (χ4n) is 1.94. The largest absolute Gasteiger partial charge is 0.396 e. The maximum atomic E-state index is 8.83. The van der Waals surface area contributed by atoms with Crippen LogP contribution < -0.4 is 0 Å². The molecule has 0 radical (unpaired) electrons. The number of ether oxygens (including phenoxy) is 1. The lowest BCUT2D eigenvalue weighted by Gasteiger charge is -2.14. The van der Waals surface area contributed by atoms with Crippen molar-refractivity contribution in [1.29, 1.82) is 0 Å². The molecule has 0 aromatic carbocycles. The van der Waals surface area contributed by atoms with Gasteiger partial charge in [-0.25, -0.2) is 0 Å². The molecular weight excluding hydrogens is 215 g/mol. The third kappa shape index (κ3) is 1.57. The van der Waals surface area contributed by atoms with E-state index < -0.39 is 9.93 Å². The molecule has 0 saturated heterocycles. The fourth-order valence-corrected chi connectivity index (χ4v) is 3.01. The first kappa shape index (κ1) is 11.5. The molecule has 2 atom stereocenters. The molecule has 0 amide bonds. The summed E-state index contributed by atoms with van der Waals surface area (Å²) in [6, 6.07) is 0. The van der Waals surface area contributed by atoms with Gasteiger partial charge in [-0.05, 0) is 6.42 Å². The molecule has 0 aliphatic heterocycles. The number of halogens is 2. The van der Waals surface area contributed by atoms with Gasteiger partial charge in [0.05, 0.1) is 0 Å². The number of alkyl halides is 2. The summed E-state index contributed by atoms with van der Waals surface area (Å²) in [6.45, 7) is 0.0132. The van der Waals surface area contributed by atoms with Gasteiger partial charge >= 0.3 is 0 Å². The highest BCUT2D eigenvalue weighted by atomic mass is 35.5. The minimum absolute atomic E-state index is 0.0169. The predicted molar refractivity (Wildman–Crippen MR) is 51.1 cm³/mol. The summed E-state index contributed by atoms with van der Waals surface area (Å²) in [7, 11) is 1.52. The number of methoxy groups -OCH3 is 1. The molecule has 2 N–H and O–H groups in total. The minimum Gasteiger partial charge on any atom is -0.396 e. The molecule has 78 valence electrons. The molecule has 0 bridgehead atoms. The zero-order valence-electron chi connectivity index (χ0n) is 7.46. The molecule has 5 heteroatoms. The number of aliphatic hydroxyl groups is 2. The smallest absolute Gasteiger partial charge is 0.153 e. The van der Waals surface area contributed by atoms with Crippen molar-refractivity contribution in [3.63, 3.8) is 0 Å². The fraction of sp³-hybridized carbons (Fsp3) is 1.00. The van der Waals surface area contributed by atoms with Gasteiger partial charge in [0, 0.05) is 32.7 Å². The number of hydrogen-bond donors (Lipinski definition) is 2. The van der Waals surface area contributed by atoms with Crippen molar-refractivity contribution in [2.45, 2.75) is 22.8 Å². The Kier molecular flexibility index (Phi) is 3.47. The van der Waals surface area contributed by atoms with E-state index >= 15 is 0 Å². The molecule has 0 aromatic heterocycles. The van der Waals surface area contributed by atoms with E-state index in [-0.39, 0.29) is 19.1 Å². The molecule has 1 aliphatic carbocycles. The molecular formula is C8H14Cl2O3. The van der Waals surface area contributed by atoms with Gasteiger partial charge in [-0.3, -0.25) is 0 Å². The zero-order chi connectivity index (χ0) is 10.1. The van der Waals surface area contributed by atoms with Crippen LogP contribution in [0.3, 0.4) is 0 Å². The summed E-state index contributed by atoms with van der Waals surface area (Å²) in [5.74, 6) is -0.0921. The zero-order valence-corrected chi connectivity index (χ0v) is 8.98. The first-order valence-corrected chi connectivity index (χ1v) is 4.97. The van der Waals surface area contributed by atoms with Crippen LogP contribution in [0.2, 0.25) is 0 Å². The lowest BCUT2D eigenvalue weighted by Crippen LogP contribution is -2.22. The third-order valence-electron chi connectivity index (χ3n) is 2.75. The molecule has 2 unspecified atom stereocenters. The average molecular weight is 229 g/mol. The quantitative estimate of drug-likeness (QED) is 0.690. The van der Waals surface area contributed by atoms with Gasteiger partial charge in [0.1, 0.15) is 5.60 Å². The van der Waals surface area contributed by atoms with Crippen LogP contribution in [0, 0.1) is 5.92 Å². The molecule has 13 heavy (non-hydrogen) atoms. The second-order valence-corrected chi connectivity index (χ2v) is 4.64. The van der Waals surface area contributed by atoms with E-state index in [1.807, 2.05) is 0 Å². The number of aliphatic hydroxyl groups excluding tert-OH is 2. The Morgan fingerprint density at radius 3 is 2.31 bits per heavy atom. The van der Waals surface area contributed by atoms with Gasteiger partial charge in [-0.2, -0.15) is 0 Å². The van der Waals surface area contributed by atoms with Gasteiger partial charge in [0.25, 0.3) is 0 Å². The van der Waals surface area contributed by atoms with Crippen LogP contribution in [-0.4, -0.2) is 40.5 Å². The van der Waals surface area contributed by atoms with Gasteiger partial charge in [-0.15, -0.1) is 0 Å². The Morgan fingerprint density at radius 2 is 1.92 bits per heavy atom. The monoisotopic (exact) mass is 228 g/mol. The van der Waals surface area contributed by atoms with Gasteiger partial charge < -0.3 is 14.9 Å². The Morgan fingerprint density at radius 1 is 1.31 bits per heavy atom. The third-order valence-corrected chi connectivity index (χ3v) is 3.91. The summed E-state index contributed by atoms with van der Waals surface area (Å²) in [5.41, 5.74) is -0.673. The first-order chi connectivity index (χ1) is 6.06. The number of rotatable bonds is 5. The van der Waals surface area contributed by atoms with E-state index in [0.29, 0.717) is 12.8 Å². The summed E-state index contributed by atoms with van der Waals surface area (Å²) >= 11 is 12.0. The van der Waals surface area contributed by atoms with Gasteiger partial charge in [-0.1, -0.05) is 23.2 Å². The van der Waals surface area contributed by atoms with Crippen LogP contribution in [0.1, 0.15) is 12.8 Å². The van der Waals surface area contributed by atoms with Crippen LogP contribution >= 0.6 is 23.2 Å². The second kappa shape index (κ2) is 3.91. The normalized spacial score (nSPS) is 36.2. The van der Waals surface area contributed by atoms with Gasteiger partial charge in [0.2, 0.25) is 0 Å². The summed E-state index contributed by atoms with van der Waals surface area (Å²) < 4.78 is 4.27. The number of hydrogen-bond acceptors (Lipinski definition) is 3. The highest BCUT2D eigenvalue weighted by Gasteiger charge is 2.75. The molecule has 0 spiro atoms. The first-order valence-electron chi connectivity index (χ1n) is 4.21. The Balaban J connectivity index is 2.67. The Hall–Kier alpha value is 0.460. The maximum absolute atomic E-state index is 8.83. The van der Waals surface area contributed by atoms with E-state index in [2.05, 4.69) is 0 Å². The lowest BCUT2D eigenvalue weighted by atomic mass is 10.1. The predicted octanol–water partition coefficient (Wildman–Crippen LogP) is 0.940. The van der Waals surface area contributed by atoms with Crippen LogP contribution in [0.5, 0.6) is 0 Å². The van der Waals surface area contributed by atoms with Crippen LogP contribution in [0.25, 0.3) is 0 Å². The standard InChI is InChI=1S/C8H14Cl2O3/c1-13-7(3-5-12)6(2-4-11)8(7,9)10/h6,11-12H,2-5H2,1H3. The molecule has 0 aromatic rings. The molecule has 1 rings (SSSR count). The van der Waals surface area contributed by atoms with E-state index in [1.54, 1.807) is 0 Å². The molecule has 3 nitrogen and oxygen atoms in total. The van der Waals surface area contributed by atoms with Crippen LogP contribution in [0.15, 0.2) is 0 Å². The van der Waals surface area contributed by atoms with Crippen LogP contribution in [0.4, 0.5) is 0 Å². The summed E-state index contributed by atoms with van der Waals surface area (Å²) in [6.07, 6.45) is 0.905. The Labute approximate surface area is 87.6 Å². The van der Waals surface area contributed by atoms with Gasteiger partial charge in [0.15, 0.2) is 4.33 Å². The van der Waals surface area contributed by atoms with Crippen molar-refractivity contribution in [3.05, 3.63) is 0 Å². The highest BCUT2D eigenvalue weighted by Crippen LogP contribution is 2.67. The van der Waals surface area contributed by atoms with Crippen molar-refractivity contribution >= 4 is 23.2 Å². The summed E-state index contributed by atoms with van der Waals surface area (Å²) in [5, 5.41) is 17.6. The van der Waals surface area contributed by atoms with Crippen molar-refractivity contribution in [2.75, 3.05) is 20.3 Å². The van der Waals surface area contributed by atoms with Crippen molar-refractivity contribution in [1.82, 2.24) is 0 Å². The Bertz CT molecular complexity index is 186. The van der Waals surface area contributed by atoms with Crippen molar-refractivity contribution in [3.8, 4) is 0 Å². The van der Waals surface area contributed by atoms with E-state index in [1.165, 1.54) is 7.11 Å². The second-order valence-electron chi connectivity index (χ2n) is 3.26. The van der Waals surface area contributed by atoms with Crippen molar-refractivity contribution < 1.29 is 14.9 Å². The van der Waals surface area contributed by atoms with E-state index in [4.69, 9.17) is 38.2 Å². The van der Waals surface area contributed by atoms with E-state index in [0.717, 1.165) is 0 Å². The SMILES string of the molecule is COC1(CCO)C(CCO)C1(Cl)Cl. The lowest BCUT2D eigenvalue weighted by molar-refractivity contribution is 0.0378. The van der Waals surface area contributed by atoms with Crippen LogP contribution in [-0.2, 0) is 4.74 Å². The topological polar surface area (TPSA) is 49.7 Å². The highest BCUT2D eigenvalue weighted by molar-refractivity contribution is 6.52. The van der Waals surface area contributed by atoms with E-state index in [9.17, 15) is 0 Å². The minimum atomic E-state index is -0.965. The molecule has 1 aliphatic rings. The van der Waals surface area contributed by atoms with Crippen molar-refractivity contribution in [2.24, 2.45) is 5.92 Å². The summed E-state index contributed by atoms with van der Waals surface area (Å²) in [4.78, 5) is 0. The average Bonchev–Trinajstić information content (AvgIpc) is 2.53.